The fraction of sp³-hybridized carbons (Fsp3) is 0.312. The molecule has 0 saturated heterocycles. The van der Waals surface area contributed by atoms with E-state index in [0.29, 0.717) is 6.54 Å². The molecule has 2 aromatic rings. The van der Waals surface area contributed by atoms with Crippen molar-refractivity contribution in [2.45, 2.75) is 19.5 Å². The van der Waals surface area contributed by atoms with Crippen molar-refractivity contribution in [2.75, 3.05) is 13.7 Å². The molecule has 0 aliphatic carbocycles. The highest BCUT2D eigenvalue weighted by atomic mass is 16.5. The van der Waals surface area contributed by atoms with E-state index < -0.39 is 0 Å². The molecule has 5 nitrogen and oxygen atoms in total. The number of methoxy groups -OCH3 is 1. The highest BCUT2D eigenvalue weighted by Crippen LogP contribution is 2.12. The third kappa shape index (κ3) is 4.65. The first-order chi connectivity index (χ1) is 10.2. The summed E-state index contributed by atoms with van der Waals surface area (Å²) in [5, 5.41) is 5.98. The van der Waals surface area contributed by atoms with Gasteiger partial charge in [-0.3, -0.25) is 10.1 Å². The van der Waals surface area contributed by atoms with Crippen LogP contribution in [0.1, 0.15) is 24.3 Å². The van der Waals surface area contributed by atoms with Gasteiger partial charge in [0.1, 0.15) is 11.5 Å². The number of carbonyl (C=O) groups is 1. The van der Waals surface area contributed by atoms with Crippen molar-refractivity contribution in [3.63, 3.8) is 0 Å². The van der Waals surface area contributed by atoms with Crippen LogP contribution in [0.5, 0.6) is 5.75 Å². The summed E-state index contributed by atoms with van der Waals surface area (Å²) in [5.74, 6) is 1.57. The maximum absolute atomic E-state index is 11.8. The first-order valence-electron chi connectivity index (χ1n) is 6.85. The zero-order chi connectivity index (χ0) is 15.1. The molecule has 1 aromatic carbocycles. The van der Waals surface area contributed by atoms with Crippen LogP contribution >= 0.6 is 0 Å². The fourth-order valence-electron chi connectivity index (χ4n) is 1.89. The van der Waals surface area contributed by atoms with Crippen LogP contribution in [0.3, 0.4) is 0 Å². The number of ether oxygens (including phenoxy) is 1. The molecule has 0 fully saturated rings. The summed E-state index contributed by atoms with van der Waals surface area (Å²) in [6.07, 6.45) is 1.62. The van der Waals surface area contributed by atoms with E-state index in [2.05, 4.69) is 10.6 Å². The monoisotopic (exact) mass is 288 g/mol. The lowest BCUT2D eigenvalue weighted by Crippen LogP contribution is -2.34. The Balaban J connectivity index is 1.71. The van der Waals surface area contributed by atoms with E-state index in [0.717, 1.165) is 17.1 Å². The van der Waals surface area contributed by atoms with E-state index >= 15 is 0 Å². The zero-order valence-corrected chi connectivity index (χ0v) is 12.3. The Morgan fingerprint density at radius 1 is 1.29 bits per heavy atom. The molecule has 21 heavy (non-hydrogen) atoms. The Morgan fingerprint density at radius 3 is 2.67 bits per heavy atom. The maximum atomic E-state index is 11.8. The first kappa shape index (κ1) is 15.1. The summed E-state index contributed by atoms with van der Waals surface area (Å²) in [6, 6.07) is 11.3. The standard InChI is InChI=1S/C16H20N2O3/c1-12(15-4-3-9-21-15)17-11-16(19)18-10-13-5-7-14(20-2)8-6-13/h3-9,12,17H,10-11H2,1-2H3,(H,18,19)/t12-/m0/s1. The molecular formula is C16H20N2O3. The smallest absolute Gasteiger partial charge is 0.234 e. The largest absolute Gasteiger partial charge is 0.497 e. The van der Waals surface area contributed by atoms with E-state index in [9.17, 15) is 4.79 Å². The lowest BCUT2D eigenvalue weighted by molar-refractivity contribution is -0.120. The zero-order valence-electron chi connectivity index (χ0n) is 12.3. The Labute approximate surface area is 124 Å². The van der Waals surface area contributed by atoms with Crippen LogP contribution in [0.15, 0.2) is 47.1 Å². The van der Waals surface area contributed by atoms with Gasteiger partial charge in [0.2, 0.25) is 5.91 Å². The Hall–Kier alpha value is -2.27. The van der Waals surface area contributed by atoms with Crippen LogP contribution in [0.2, 0.25) is 0 Å². The van der Waals surface area contributed by atoms with Gasteiger partial charge in [-0.15, -0.1) is 0 Å². The highest BCUT2D eigenvalue weighted by Gasteiger charge is 2.09. The van der Waals surface area contributed by atoms with Crippen LogP contribution in [-0.2, 0) is 11.3 Å². The van der Waals surface area contributed by atoms with Crippen molar-refractivity contribution in [3.8, 4) is 5.75 Å². The highest BCUT2D eigenvalue weighted by molar-refractivity contribution is 5.78. The molecule has 0 bridgehead atoms. The van der Waals surface area contributed by atoms with Crippen LogP contribution in [0.4, 0.5) is 0 Å². The van der Waals surface area contributed by atoms with Crippen LogP contribution < -0.4 is 15.4 Å². The third-order valence-corrected chi connectivity index (χ3v) is 3.19. The Morgan fingerprint density at radius 2 is 2.05 bits per heavy atom. The van der Waals surface area contributed by atoms with Gasteiger partial charge in [-0.2, -0.15) is 0 Å². The minimum absolute atomic E-state index is 0.00624. The minimum atomic E-state index is -0.0516. The van der Waals surface area contributed by atoms with Crippen LogP contribution in [-0.4, -0.2) is 19.6 Å². The second kappa shape index (κ2) is 7.50. The minimum Gasteiger partial charge on any atom is -0.497 e. The lowest BCUT2D eigenvalue weighted by Gasteiger charge is -2.11. The van der Waals surface area contributed by atoms with Crippen molar-refractivity contribution < 1.29 is 13.9 Å². The molecule has 1 amide bonds. The number of benzene rings is 1. The van der Waals surface area contributed by atoms with Crippen molar-refractivity contribution in [2.24, 2.45) is 0 Å². The van der Waals surface area contributed by atoms with E-state index in [4.69, 9.17) is 9.15 Å². The summed E-state index contributed by atoms with van der Waals surface area (Å²) in [7, 11) is 1.63. The number of amides is 1. The fourth-order valence-corrected chi connectivity index (χ4v) is 1.89. The molecule has 2 rings (SSSR count). The predicted octanol–water partition coefficient (Wildman–Crippen LogP) is 2.26. The first-order valence-corrected chi connectivity index (χ1v) is 6.85. The molecule has 112 valence electrons. The van der Waals surface area contributed by atoms with Crippen molar-refractivity contribution >= 4 is 5.91 Å². The summed E-state index contributed by atoms with van der Waals surface area (Å²) in [4.78, 5) is 11.8. The number of rotatable bonds is 7. The average Bonchev–Trinajstić information content (AvgIpc) is 3.05. The number of carbonyl (C=O) groups excluding carboxylic acids is 1. The SMILES string of the molecule is COc1ccc(CNC(=O)CN[C@@H](C)c2ccco2)cc1. The van der Waals surface area contributed by atoms with Crippen molar-refractivity contribution in [1.82, 2.24) is 10.6 Å². The molecule has 2 N–H and O–H groups in total. The van der Waals surface area contributed by atoms with Crippen molar-refractivity contribution in [3.05, 3.63) is 54.0 Å². The molecule has 0 aliphatic heterocycles. The van der Waals surface area contributed by atoms with E-state index in [1.54, 1.807) is 13.4 Å². The molecule has 0 radical (unpaired) electrons. The van der Waals surface area contributed by atoms with Gasteiger partial charge in [-0.1, -0.05) is 12.1 Å². The second-order valence-electron chi connectivity index (χ2n) is 4.74. The summed E-state index contributed by atoms with van der Waals surface area (Å²) in [5.41, 5.74) is 1.03. The van der Waals surface area contributed by atoms with Gasteiger partial charge >= 0.3 is 0 Å². The molecule has 1 aromatic heterocycles. The van der Waals surface area contributed by atoms with E-state index in [-0.39, 0.29) is 18.5 Å². The number of hydrogen-bond acceptors (Lipinski definition) is 4. The molecular weight excluding hydrogens is 268 g/mol. The summed E-state index contributed by atoms with van der Waals surface area (Å²) < 4.78 is 10.4. The molecule has 0 spiro atoms. The lowest BCUT2D eigenvalue weighted by atomic mass is 10.2. The molecule has 1 atom stereocenters. The van der Waals surface area contributed by atoms with Crippen molar-refractivity contribution in [1.29, 1.82) is 0 Å². The van der Waals surface area contributed by atoms with E-state index in [1.807, 2.05) is 43.3 Å². The normalized spacial score (nSPS) is 11.9. The number of hydrogen-bond donors (Lipinski definition) is 2. The van der Waals surface area contributed by atoms with Crippen LogP contribution in [0.25, 0.3) is 0 Å². The van der Waals surface area contributed by atoms with Gasteiger partial charge in [-0.25, -0.2) is 0 Å². The van der Waals surface area contributed by atoms with Crippen LogP contribution in [0, 0.1) is 0 Å². The Bertz CT molecular complexity index is 549. The molecule has 0 unspecified atom stereocenters. The molecule has 0 saturated carbocycles. The van der Waals surface area contributed by atoms with E-state index in [1.165, 1.54) is 0 Å². The molecule has 0 aliphatic rings. The molecule has 5 heteroatoms. The number of nitrogens with one attached hydrogen (secondary N) is 2. The summed E-state index contributed by atoms with van der Waals surface area (Å²) in [6.45, 7) is 2.70. The van der Waals surface area contributed by atoms with Gasteiger partial charge in [0.15, 0.2) is 0 Å². The summed E-state index contributed by atoms with van der Waals surface area (Å²) >= 11 is 0. The second-order valence-corrected chi connectivity index (χ2v) is 4.74. The molecule has 1 heterocycles. The maximum Gasteiger partial charge on any atom is 0.234 e. The van der Waals surface area contributed by atoms with Gasteiger partial charge in [0, 0.05) is 6.54 Å². The quantitative estimate of drug-likeness (QED) is 0.820. The van der Waals surface area contributed by atoms with Gasteiger partial charge in [0.25, 0.3) is 0 Å². The third-order valence-electron chi connectivity index (χ3n) is 3.19. The number of furan rings is 1. The topological polar surface area (TPSA) is 63.5 Å². The average molecular weight is 288 g/mol. The Kier molecular flexibility index (Phi) is 5.40. The van der Waals surface area contributed by atoms with Gasteiger partial charge in [0.05, 0.1) is 26.0 Å². The predicted molar refractivity (Wildman–Crippen MR) is 80.0 cm³/mol. The van der Waals surface area contributed by atoms with Gasteiger partial charge in [-0.05, 0) is 36.8 Å². The van der Waals surface area contributed by atoms with Gasteiger partial charge < -0.3 is 14.5 Å².